The van der Waals surface area contributed by atoms with Gasteiger partial charge in [0.2, 0.25) is 5.91 Å². The molecule has 1 aliphatic rings. The summed E-state index contributed by atoms with van der Waals surface area (Å²) in [6, 6.07) is 5.72. The quantitative estimate of drug-likeness (QED) is 0.944. The molecule has 1 fully saturated rings. The molecule has 0 unspecified atom stereocenters. The maximum absolute atomic E-state index is 12.3. The van der Waals surface area contributed by atoms with E-state index in [9.17, 15) is 4.79 Å². The van der Waals surface area contributed by atoms with E-state index in [0.29, 0.717) is 18.1 Å². The number of carbonyl (C=O) groups excluding carboxylic acids is 1. The number of hydrogen-bond acceptors (Lipinski definition) is 2. The molecule has 0 atom stereocenters. The number of carbonyl (C=O) groups is 1. The number of aromatic nitrogens is 1. The van der Waals surface area contributed by atoms with Gasteiger partial charge in [-0.25, -0.2) is 0 Å². The Balaban J connectivity index is 1.94. The Morgan fingerprint density at radius 2 is 2.05 bits per heavy atom. The number of nitrogens with zero attached hydrogens (tertiary/aromatic N) is 2. The second-order valence-corrected chi connectivity index (χ2v) is 5.67. The van der Waals surface area contributed by atoms with E-state index in [1.807, 2.05) is 33.9 Å². The lowest BCUT2D eigenvalue weighted by Gasteiger charge is -2.16. The summed E-state index contributed by atoms with van der Waals surface area (Å²) in [7, 11) is 0. The molecular formula is C15H18ClN3O. The van der Waals surface area contributed by atoms with Crippen molar-refractivity contribution in [2.24, 2.45) is 5.73 Å². The first-order valence-electron chi connectivity index (χ1n) is 6.94. The summed E-state index contributed by atoms with van der Waals surface area (Å²) >= 11 is 6.07. The highest BCUT2D eigenvalue weighted by atomic mass is 35.5. The third kappa shape index (κ3) is 2.41. The highest BCUT2D eigenvalue weighted by Crippen LogP contribution is 2.25. The minimum atomic E-state index is 0.169. The molecule has 0 bridgehead atoms. The van der Waals surface area contributed by atoms with Crippen LogP contribution in [0.25, 0.3) is 10.9 Å². The van der Waals surface area contributed by atoms with Gasteiger partial charge in [-0.2, -0.15) is 0 Å². The SMILES string of the molecule is NCc1cn(CC(=O)N2CCCC2)c2cc(Cl)ccc12. The van der Waals surface area contributed by atoms with Crippen LogP contribution in [-0.4, -0.2) is 28.5 Å². The maximum Gasteiger partial charge on any atom is 0.242 e. The Bertz CT molecular complexity index is 644. The monoisotopic (exact) mass is 291 g/mol. The average Bonchev–Trinajstić information content (AvgIpc) is 3.07. The van der Waals surface area contributed by atoms with Crippen molar-refractivity contribution >= 4 is 28.4 Å². The molecule has 2 heterocycles. The van der Waals surface area contributed by atoms with E-state index in [1.165, 1.54) is 0 Å². The Hall–Kier alpha value is -1.52. The number of rotatable bonds is 3. The Morgan fingerprint density at radius 1 is 1.30 bits per heavy atom. The van der Waals surface area contributed by atoms with Gasteiger partial charge in [0.05, 0.1) is 5.52 Å². The first kappa shape index (κ1) is 13.5. The number of likely N-dealkylation sites (tertiary alicyclic amines) is 1. The minimum absolute atomic E-state index is 0.169. The lowest BCUT2D eigenvalue weighted by atomic mass is 10.2. The molecule has 2 N–H and O–H groups in total. The van der Waals surface area contributed by atoms with Crippen LogP contribution in [0, 0.1) is 0 Å². The number of hydrogen-bond donors (Lipinski definition) is 1. The number of amides is 1. The fourth-order valence-electron chi connectivity index (χ4n) is 2.85. The van der Waals surface area contributed by atoms with Gasteiger partial charge in [-0.05, 0) is 30.5 Å². The topological polar surface area (TPSA) is 51.3 Å². The molecule has 0 saturated carbocycles. The summed E-state index contributed by atoms with van der Waals surface area (Å²) in [5, 5.41) is 1.75. The van der Waals surface area contributed by atoms with Gasteiger partial charge in [-0.3, -0.25) is 4.79 Å². The van der Waals surface area contributed by atoms with Crippen LogP contribution >= 0.6 is 11.6 Å². The van der Waals surface area contributed by atoms with E-state index in [4.69, 9.17) is 17.3 Å². The molecule has 3 rings (SSSR count). The highest BCUT2D eigenvalue weighted by Gasteiger charge is 2.19. The van der Waals surface area contributed by atoms with Crippen LogP contribution in [0.3, 0.4) is 0 Å². The molecular weight excluding hydrogens is 274 g/mol. The second kappa shape index (κ2) is 5.46. The van der Waals surface area contributed by atoms with Gasteiger partial charge in [0.25, 0.3) is 0 Å². The molecule has 0 aliphatic carbocycles. The zero-order valence-electron chi connectivity index (χ0n) is 11.3. The molecule has 0 radical (unpaired) electrons. The van der Waals surface area contributed by atoms with Crippen molar-refractivity contribution in [3.63, 3.8) is 0 Å². The van der Waals surface area contributed by atoms with Crippen LogP contribution in [0.2, 0.25) is 5.02 Å². The molecule has 106 valence electrons. The third-order valence-electron chi connectivity index (χ3n) is 3.91. The van der Waals surface area contributed by atoms with Crippen molar-refractivity contribution < 1.29 is 4.79 Å². The van der Waals surface area contributed by atoms with Crippen LogP contribution < -0.4 is 5.73 Å². The summed E-state index contributed by atoms with van der Waals surface area (Å²) in [6.07, 6.45) is 4.19. The van der Waals surface area contributed by atoms with E-state index in [2.05, 4.69) is 0 Å². The molecule has 1 saturated heterocycles. The molecule has 2 aromatic rings. The molecule has 5 heteroatoms. The fourth-order valence-corrected chi connectivity index (χ4v) is 3.01. The van der Waals surface area contributed by atoms with Crippen LogP contribution in [0.1, 0.15) is 18.4 Å². The van der Waals surface area contributed by atoms with E-state index < -0.39 is 0 Å². The summed E-state index contributed by atoms with van der Waals surface area (Å²) in [5.74, 6) is 0.169. The van der Waals surface area contributed by atoms with Crippen molar-refractivity contribution in [3.05, 3.63) is 35.0 Å². The first-order valence-corrected chi connectivity index (χ1v) is 7.32. The van der Waals surface area contributed by atoms with Crippen molar-refractivity contribution in [1.82, 2.24) is 9.47 Å². The van der Waals surface area contributed by atoms with E-state index in [1.54, 1.807) is 0 Å². The summed E-state index contributed by atoms with van der Waals surface area (Å²) < 4.78 is 1.96. The Labute approximate surface area is 123 Å². The molecule has 1 amide bonds. The lowest BCUT2D eigenvalue weighted by Crippen LogP contribution is -2.30. The smallest absolute Gasteiger partial charge is 0.242 e. The van der Waals surface area contributed by atoms with E-state index in [-0.39, 0.29) is 5.91 Å². The summed E-state index contributed by atoms with van der Waals surface area (Å²) in [4.78, 5) is 14.2. The number of benzene rings is 1. The molecule has 1 aliphatic heterocycles. The van der Waals surface area contributed by atoms with Crippen molar-refractivity contribution in [2.45, 2.75) is 25.9 Å². The lowest BCUT2D eigenvalue weighted by molar-refractivity contribution is -0.130. The van der Waals surface area contributed by atoms with Crippen LogP contribution in [0.4, 0.5) is 0 Å². The zero-order valence-corrected chi connectivity index (χ0v) is 12.1. The van der Waals surface area contributed by atoms with Crippen LogP contribution in [0.15, 0.2) is 24.4 Å². The second-order valence-electron chi connectivity index (χ2n) is 5.24. The highest BCUT2D eigenvalue weighted by molar-refractivity contribution is 6.31. The first-order chi connectivity index (χ1) is 9.69. The molecule has 20 heavy (non-hydrogen) atoms. The standard InChI is InChI=1S/C15H18ClN3O/c16-12-3-4-13-11(8-17)9-19(14(13)7-12)10-15(20)18-5-1-2-6-18/h3-4,7,9H,1-2,5-6,8,10,17H2. The molecule has 4 nitrogen and oxygen atoms in total. The van der Waals surface area contributed by atoms with Gasteiger partial charge in [0, 0.05) is 36.2 Å². The largest absolute Gasteiger partial charge is 0.341 e. The maximum atomic E-state index is 12.3. The summed E-state index contributed by atoms with van der Waals surface area (Å²) in [6.45, 7) is 2.57. The van der Waals surface area contributed by atoms with Gasteiger partial charge >= 0.3 is 0 Å². The van der Waals surface area contributed by atoms with Gasteiger partial charge in [-0.1, -0.05) is 17.7 Å². The van der Waals surface area contributed by atoms with Crippen LogP contribution in [-0.2, 0) is 17.9 Å². The van der Waals surface area contributed by atoms with Gasteiger partial charge in [0.1, 0.15) is 6.54 Å². The van der Waals surface area contributed by atoms with Gasteiger partial charge < -0.3 is 15.2 Å². The fraction of sp³-hybridized carbons (Fsp3) is 0.400. The van der Waals surface area contributed by atoms with Gasteiger partial charge in [0.15, 0.2) is 0 Å². The number of fused-ring (bicyclic) bond motifs is 1. The minimum Gasteiger partial charge on any atom is -0.341 e. The number of halogens is 1. The molecule has 1 aromatic carbocycles. The Kier molecular flexibility index (Phi) is 3.68. The molecule has 1 aromatic heterocycles. The van der Waals surface area contributed by atoms with Crippen molar-refractivity contribution in [3.8, 4) is 0 Å². The van der Waals surface area contributed by atoms with E-state index in [0.717, 1.165) is 42.4 Å². The predicted octanol–water partition coefficient (Wildman–Crippen LogP) is 2.38. The average molecular weight is 292 g/mol. The van der Waals surface area contributed by atoms with Crippen LogP contribution in [0.5, 0.6) is 0 Å². The normalized spacial score (nSPS) is 15.2. The zero-order chi connectivity index (χ0) is 14.1. The predicted molar refractivity (Wildman–Crippen MR) is 80.7 cm³/mol. The van der Waals surface area contributed by atoms with Crippen molar-refractivity contribution in [1.29, 1.82) is 0 Å². The Morgan fingerprint density at radius 3 is 2.75 bits per heavy atom. The number of nitrogens with two attached hydrogens (primary N) is 1. The van der Waals surface area contributed by atoms with Gasteiger partial charge in [-0.15, -0.1) is 0 Å². The van der Waals surface area contributed by atoms with E-state index >= 15 is 0 Å². The summed E-state index contributed by atoms with van der Waals surface area (Å²) in [5.41, 5.74) is 7.80. The molecule has 0 spiro atoms. The van der Waals surface area contributed by atoms with Crippen molar-refractivity contribution in [2.75, 3.05) is 13.1 Å². The third-order valence-corrected chi connectivity index (χ3v) is 4.15.